The van der Waals surface area contributed by atoms with E-state index >= 15 is 0 Å². The second-order valence-electron chi connectivity index (χ2n) is 4.49. The molecule has 1 aromatic carbocycles. The van der Waals surface area contributed by atoms with Crippen molar-refractivity contribution in [1.29, 1.82) is 0 Å². The third kappa shape index (κ3) is 3.15. The molecule has 0 aliphatic carbocycles. The molecule has 2 aromatic rings. The number of esters is 1. The molecule has 0 unspecified atom stereocenters. The van der Waals surface area contributed by atoms with Gasteiger partial charge in [0.05, 0.1) is 0 Å². The van der Waals surface area contributed by atoms with Crippen molar-refractivity contribution >= 4 is 5.97 Å². The minimum absolute atomic E-state index is 0.357. The predicted molar refractivity (Wildman–Crippen MR) is 74.6 cm³/mol. The van der Waals surface area contributed by atoms with Crippen molar-refractivity contribution in [1.82, 2.24) is 0 Å². The number of benzene rings is 1. The van der Waals surface area contributed by atoms with Crippen LogP contribution in [0.3, 0.4) is 0 Å². The monoisotopic (exact) mass is 272 g/mol. The second-order valence-corrected chi connectivity index (χ2v) is 4.49. The summed E-state index contributed by atoms with van der Waals surface area (Å²) in [6, 6.07) is 11.0. The number of hydrogen-bond acceptors (Lipinski definition) is 3. The fraction of sp³-hybridized carbons (Fsp3) is 0.250. The van der Waals surface area contributed by atoms with Crippen LogP contribution in [0.1, 0.15) is 28.5 Å². The Morgan fingerprint density at radius 3 is 2.75 bits per heavy atom. The molecule has 4 heteroatoms. The minimum Gasteiger partial charge on any atom is -0.418 e. The second kappa shape index (κ2) is 6.19. The lowest BCUT2D eigenvalue weighted by atomic mass is 10.1. The number of carbonyl (C=O) groups excluding carboxylic acids is 1. The number of nitrogens with zero attached hydrogens (tertiary/aromatic N) is 1. The Bertz CT molecular complexity index is 623. The van der Waals surface area contributed by atoms with Crippen LogP contribution in [0.4, 0.5) is 0 Å². The molecule has 0 fully saturated rings. The normalized spacial score (nSPS) is 10.2. The van der Waals surface area contributed by atoms with Crippen LogP contribution in [0.25, 0.3) is 0 Å². The molecule has 1 aromatic heterocycles. The zero-order valence-corrected chi connectivity index (χ0v) is 11.9. The van der Waals surface area contributed by atoms with Crippen molar-refractivity contribution in [3.63, 3.8) is 0 Å². The summed E-state index contributed by atoms with van der Waals surface area (Å²) in [6.07, 6.45) is 1.68. The highest BCUT2D eigenvalue weighted by Crippen LogP contribution is 2.19. The quantitative estimate of drug-likeness (QED) is 0.487. The van der Waals surface area contributed by atoms with Gasteiger partial charge in [0.15, 0.2) is 6.61 Å². The van der Waals surface area contributed by atoms with E-state index in [1.54, 1.807) is 24.4 Å². The molecule has 0 spiro atoms. The smallest absolute Gasteiger partial charge is 0.414 e. The summed E-state index contributed by atoms with van der Waals surface area (Å²) in [4.78, 5) is 17.6. The van der Waals surface area contributed by atoms with Gasteiger partial charge in [0, 0.05) is 16.9 Å². The molecule has 0 atom stereocenters. The highest BCUT2D eigenvalue weighted by Gasteiger charge is 2.23. The topological polar surface area (TPSA) is 39.4 Å². The lowest BCUT2D eigenvalue weighted by Crippen LogP contribution is -2.48. The molecule has 0 saturated carbocycles. The molecule has 1 heterocycles. The van der Waals surface area contributed by atoms with Crippen LogP contribution >= 0.6 is 0 Å². The van der Waals surface area contributed by atoms with E-state index in [1.807, 2.05) is 39.0 Å². The van der Waals surface area contributed by atoms with Gasteiger partial charge in [0.2, 0.25) is 6.20 Å². The van der Waals surface area contributed by atoms with Gasteiger partial charge in [-0.15, -0.1) is 0 Å². The number of ether oxygens (including phenoxy) is 1. The Labute approximate surface area is 118 Å². The number of rotatable bonds is 4. The van der Waals surface area contributed by atoms with Gasteiger partial charge >= 0.3 is 11.7 Å². The summed E-state index contributed by atoms with van der Waals surface area (Å²) in [5.74, 6) is 0.134. The number of carbonyl (C=O) groups is 1. The van der Waals surface area contributed by atoms with E-state index in [-0.39, 0.29) is 0 Å². The zero-order chi connectivity index (χ0) is 14.5. The fourth-order valence-corrected chi connectivity index (χ4v) is 1.81. The van der Waals surface area contributed by atoms with Gasteiger partial charge in [-0.3, -0.25) is 4.84 Å². The summed E-state index contributed by atoms with van der Waals surface area (Å²) in [7, 11) is 0. The third-order valence-electron chi connectivity index (χ3n) is 2.85. The first kappa shape index (κ1) is 14.1. The molecule has 2 rings (SSSR count). The molecule has 0 aliphatic heterocycles. The average Bonchev–Trinajstić information content (AvgIpc) is 2.44. The van der Waals surface area contributed by atoms with E-state index in [1.165, 1.54) is 4.73 Å². The number of aryl methyl sites for hydroxylation is 2. The summed E-state index contributed by atoms with van der Waals surface area (Å²) in [5, 5.41) is 0. The number of hydrogen-bond donors (Lipinski definition) is 0. The largest absolute Gasteiger partial charge is 0.418 e. The lowest BCUT2D eigenvalue weighted by Gasteiger charge is -2.07. The predicted octanol–water partition coefficient (Wildman–Crippen LogP) is 2.26. The van der Waals surface area contributed by atoms with Crippen LogP contribution in [0.2, 0.25) is 0 Å². The standard InChI is InChI=1S/C16H18NO3/c1-4-19-17-10-6-5-7-14(17)16(18)20-15-11-12(2)8-9-13(15)3/h5-11H,4H2,1-3H3/q+1. The third-order valence-corrected chi connectivity index (χ3v) is 2.85. The lowest BCUT2D eigenvalue weighted by molar-refractivity contribution is -0.892. The Balaban J connectivity index is 2.26. The minimum atomic E-state index is -0.437. The first-order chi connectivity index (χ1) is 9.61. The number of pyridine rings is 1. The summed E-state index contributed by atoms with van der Waals surface area (Å²) in [6.45, 7) is 6.20. The molecule has 0 aliphatic rings. The van der Waals surface area contributed by atoms with E-state index in [2.05, 4.69) is 0 Å². The van der Waals surface area contributed by atoms with E-state index in [0.717, 1.165) is 11.1 Å². The van der Waals surface area contributed by atoms with Gasteiger partial charge in [-0.25, -0.2) is 4.79 Å². The Morgan fingerprint density at radius 1 is 1.20 bits per heavy atom. The average molecular weight is 272 g/mol. The first-order valence-corrected chi connectivity index (χ1v) is 6.55. The molecular formula is C16H18NO3+. The van der Waals surface area contributed by atoms with Crippen molar-refractivity contribution in [2.24, 2.45) is 0 Å². The molecule has 4 nitrogen and oxygen atoms in total. The van der Waals surface area contributed by atoms with Crippen molar-refractivity contribution in [2.45, 2.75) is 20.8 Å². The highest BCUT2D eigenvalue weighted by molar-refractivity contribution is 5.87. The van der Waals surface area contributed by atoms with Gasteiger partial charge in [0.1, 0.15) is 5.75 Å². The van der Waals surface area contributed by atoms with E-state index in [4.69, 9.17) is 9.57 Å². The zero-order valence-electron chi connectivity index (χ0n) is 11.9. The van der Waals surface area contributed by atoms with E-state index < -0.39 is 5.97 Å². The summed E-state index contributed by atoms with van der Waals surface area (Å²) in [5.41, 5.74) is 2.32. The molecule has 0 bridgehead atoms. The van der Waals surface area contributed by atoms with E-state index in [9.17, 15) is 4.79 Å². The molecule has 20 heavy (non-hydrogen) atoms. The molecule has 0 amide bonds. The molecule has 0 saturated heterocycles. The molecule has 0 N–H and O–H groups in total. The number of aromatic nitrogens is 1. The summed E-state index contributed by atoms with van der Waals surface area (Å²) < 4.78 is 6.88. The van der Waals surface area contributed by atoms with Gasteiger partial charge in [-0.1, -0.05) is 12.1 Å². The van der Waals surface area contributed by atoms with Gasteiger partial charge in [-0.2, -0.15) is 0 Å². The van der Waals surface area contributed by atoms with Gasteiger partial charge in [0.25, 0.3) is 0 Å². The van der Waals surface area contributed by atoms with Crippen LogP contribution in [-0.4, -0.2) is 12.6 Å². The fourth-order valence-electron chi connectivity index (χ4n) is 1.81. The highest BCUT2D eigenvalue weighted by atomic mass is 16.7. The Kier molecular flexibility index (Phi) is 4.35. The molecule has 104 valence electrons. The molecular weight excluding hydrogens is 254 g/mol. The van der Waals surface area contributed by atoms with Crippen LogP contribution in [0.5, 0.6) is 5.75 Å². The Morgan fingerprint density at radius 2 is 2.00 bits per heavy atom. The van der Waals surface area contributed by atoms with Crippen LogP contribution in [0.15, 0.2) is 42.6 Å². The van der Waals surface area contributed by atoms with Crippen LogP contribution in [0, 0.1) is 13.8 Å². The van der Waals surface area contributed by atoms with Gasteiger partial charge < -0.3 is 4.74 Å². The van der Waals surface area contributed by atoms with Crippen molar-refractivity contribution in [3.05, 3.63) is 59.4 Å². The van der Waals surface area contributed by atoms with Crippen molar-refractivity contribution in [3.8, 4) is 5.75 Å². The Hall–Kier alpha value is -2.36. The van der Waals surface area contributed by atoms with Gasteiger partial charge in [-0.05, 0) is 44.0 Å². The maximum absolute atomic E-state index is 12.3. The van der Waals surface area contributed by atoms with Crippen molar-refractivity contribution in [2.75, 3.05) is 6.61 Å². The van der Waals surface area contributed by atoms with Crippen LogP contribution in [-0.2, 0) is 0 Å². The van der Waals surface area contributed by atoms with Crippen molar-refractivity contribution < 1.29 is 19.1 Å². The first-order valence-electron chi connectivity index (χ1n) is 6.55. The maximum Gasteiger partial charge on any atom is 0.414 e. The SMILES string of the molecule is CCO[n+]1ccccc1C(=O)Oc1cc(C)ccc1C. The van der Waals surface area contributed by atoms with Crippen LogP contribution < -0.4 is 14.3 Å². The summed E-state index contributed by atoms with van der Waals surface area (Å²) >= 11 is 0. The maximum atomic E-state index is 12.3. The molecule has 0 radical (unpaired) electrons. The van der Waals surface area contributed by atoms with E-state index in [0.29, 0.717) is 18.1 Å².